The van der Waals surface area contributed by atoms with Crippen molar-refractivity contribution in [2.45, 2.75) is 36.6 Å². The molecular formula is C19H19NO4S. The summed E-state index contributed by atoms with van der Waals surface area (Å²) in [4.78, 5) is 0.197. The second-order valence-electron chi connectivity index (χ2n) is 8.41. The third kappa shape index (κ3) is 1.59. The average Bonchev–Trinajstić information content (AvgIpc) is 3.18. The normalized spacial score (nSPS) is 50.7. The summed E-state index contributed by atoms with van der Waals surface area (Å²) < 4.78 is 37.7. The van der Waals surface area contributed by atoms with E-state index in [4.69, 9.17) is 8.92 Å². The predicted molar refractivity (Wildman–Crippen MR) is 86.6 cm³/mol. The van der Waals surface area contributed by atoms with E-state index in [1.54, 1.807) is 24.3 Å². The highest BCUT2D eigenvalue weighted by atomic mass is 32.2. The first-order valence-corrected chi connectivity index (χ1v) is 10.5. The molecule has 25 heavy (non-hydrogen) atoms. The van der Waals surface area contributed by atoms with Gasteiger partial charge in [0.2, 0.25) is 0 Å². The standard InChI is InChI=1S/C19H19NO4S/c1-8-2-4-9(5-3-8)25(21,22)24-19-15-11(7-20)13-10-6-12-16(13)17(19)18(23-12)14(10)15/h2-5,10-19H,6H2,1H3/t10-,11-,12+,13-,14-,15-,16-,17-,18+,19-/m1/s1. The Kier molecular flexibility index (Phi) is 2.62. The van der Waals surface area contributed by atoms with Crippen LogP contribution in [-0.2, 0) is 19.0 Å². The number of benzene rings is 1. The van der Waals surface area contributed by atoms with E-state index in [0.29, 0.717) is 23.7 Å². The van der Waals surface area contributed by atoms with E-state index in [9.17, 15) is 13.7 Å². The molecule has 0 spiro atoms. The molecule has 0 radical (unpaired) electrons. The Labute approximate surface area is 147 Å². The first-order chi connectivity index (χ1) is 12.0. The van der Waals surface area contributed by atoms with Crippen LogP contribution in [0, 0.1) is 59.7 Å². The molecule has 6 rings (SSSR count). The zero-order valence-electron chi connectivity index (χ0n) is 13.8. The van der Waals surface area contributed by atoms with Gasteiger partial charge in [-0.05, 0) is 49.1 Å². The van der Waals surface area contributed by atoms with Crippen molar-refractivity contribution in [3.8, 4) is 6.07 Å². The van der Waals surface area contributed by atoms with E-state index in [1.165, 1.54) is 0 Å². The van der Waals surface area contributed by atoms with Gasteiger partial charge in [0, 0.05) is 11.8 Å². The molecule has 0 unspecified atom stereocenters. The fourth-order valence-electron chi connectivity index (χ4n) is 7.08. The van der Waals surface area contributed by atoms with Crippen molar-refractivity contribution in [1.82, 2.24) is 0 Å². The fourth-order valence-corrected chi connectivity index (χ4v) is 8.21. The van der Waals surface area contributed by atoms with Crippen LogP contribution >= 0.6 is 0 Å². The molecule has 1 aromatic carbocycles. The lowest BCUT2D eigenvalue weighted by molar-refractivity contribution is -0.0439. The molecule has 1 saturated heterocycles. The van der Waals surface area contributed by atoms with E-state index in [2.05, 4.69) is 6.07 Å². The monoisotopic (exact) mass is 357 g/mol. The summed E-state index contributed by atoms with van der Waals surface area (Å²) in [5.41, 5.74) is 1.01. The summed E-state index contributed by atoms with van der Waals surface area (Å²) in [5.74, 6) is 1.64. The number of rotatable bonds is 3. The van der Waals surface area contributed by atoms with Gasteiger partial charge in [-0.25, -0.2) is 0 Å². The van der Waals surface area contributed by atoms with Crippen LogP contribution in [0.2, 0.25) is 0 Å². The predicted octanol–water partition coefficient (Wildman–Crippen LogP) is 2.12. The van der Waals surface area contributed by atoms with Crippen molar-refractivity contribution in [1.29, 1.82) is 5.26 Å². The minimum Gasteiger partial charge on any atom is -0.374 e. The average molecular weight is 357 g/mol. The van der Waals surface area contributed by atoms with Crippen LogP contribution in [0.15, 0.2) is 29.2 Å². The maximum Gasteiger partial charge on any atom is 0.297 e. The van der Waals surface area contributed by atoms with Crippen LogP contribution in [0.5, 0.6) is 0 Å². The molecule has 4 saturated carbocycles. The SMILES string of the molecule is Cc1ccc(S(=O)(=O)O[C@H]2[C@H]3[C@H]4O[C@H]5C[C@@H]6[C@H]([C@@H](C#N)[C@@H]2[C@@H]64)[C@H]35)cc1. The smallest absolute Gasteiger partial charge is 0.297 e. The van der Waals surface area contributed by atoms with Gasteiger partial charge in [0.1, 0.15) is 0 Å². The molecule has 1 heterocycles. The van der Waals surface area contributed by atoms with Crippen LogP contribution in [0.1, 0.15) is 12.0 Å². The molecule has 0 aromatic heterocycles. The highest BCUT2D eigenvalue weighted by Gasteiger charge is 2.80. The van der Waals surface area contributed by atoms with Crippen molar-refractivity contribution in [2.75, 3.05) is 0 Å². The summed E-state index contributed by atoms with van der Waals surface area (Å²) in [6.07, 6.45) is 0.972. The lowest BCUT2D eigenvalue weighted by Gasteiger charge is -2.38. The number of hydrogen-bond acceptors (Lipinski definition) is 5. The van der Waals surface area contributed by atoms with Gasteiger partial charge in [0.25, 0.3) is 10.1 Å². The zero-order valence-corrected chi connectivity index (χ0v) is 14.6. The Morgan fingerprint density at radius 3 is 2.60 bits per heavy atom. The highest BCUT2D eigenvalue weighted by molar-refractivity contribution is 7.86. The minimum absolute atomic E-state index is 0.00715. The number of nitrogens with zero attached hydrogens (tertiary/aromatic N) is 1. The summed E-state index contributed by atoms with van der Waals surface area (Å²) in [6.45, 7) is 1.92. The van der Waals surface area contributed by atoms with Gasteiger partial charge in [-0.2, -0.15) is 13.7 Å². The van der Waals surface area contributed by atoms with Gasteiger partial charge in [0.15, 0.2) is 0 Å². The van der Waals surface area contributed by atoms with Gasteiger partial charge in [-0.15, -0.1) is 0 Å². The maximum atomic E-state index is 12.8. The van der Waals surface area contributed by atoms with E-state index in [0.717, 1.165) is 12.0 Å². The first-order valence-electron chi connectivity index (χ1n) is 9.06. The summed E-state index contributed by atoms with van der Waals surface area (Å²) in [6, 6.07) is 9.25. The Bertz CT molecular complexity index is 904. The zero-order chi connectivity index (χ0) is 17.1. The number of hydrogen-bond donors (Lipinski definition) is 0. The summed E-state index contributed by atoms with van der Waals surface area (Å²) in [5, 5.41) is 9.74. The van der Waals surface area contributed by atoms with Crippen molar-refractivity contribution in [3.63, 3.8) is 0 Å². The van der Waals surface area contributed by atoms with Gasteiger partial charge < -0.3 is 4.74 Å². The topological polar surface area (TPSA) is 76.4 Å². The molecule has 130 valence electrons. The molecule has 0 N–H and O–H groups in total. The second-order valence-corrected chi connectivity index (χ2v) is 9.98. The van der Waals surface area contributed by atoms with Crippen LogP contribution < -0.4 is 0 Å². The number of ether oxygens (including phenoxy) is 1. The van der Waals surface area contributed by atoms with Crippen LogP contribution in [0.3, 0.4) is 0 Å². The van der Waals surface area contributed by atoms with Crippen LogP contribution in [0.25, 0.3) is 0 Å². The van der Waals surface area contributed by atoms with E-state index < -0.39 is 16.2 Å². The Balaban J connectivity index is 1.39. The lowest BCUT2D eigenvalue weighted by atomic mass is 9.67. The molecule has 5 fully saturated rings. The van der Waals surface area contributed by atoms with Crippen molar-refractivity contribution in [3.05, 3.63) is 29.8 Å². The van der Waals surface area contributed by atoms with E-state index >= 15 is 0 Å². The molecule has 0 amide bonds. The second kappa shape index (κ2) is 4.46. The molecule has 10 atom stereocenters. The number of aryl methyl sites for hydroxylation is 1. The number of nitriles is 1. The van der Waals surface area contributed by atoms with Crippen molar-refractivity contribution in [2.24, 2.45) is 41.4 Å². The molecule has 6 heteroatoms. The van der Waals surface area contributed by atoms with Gasteiger partial charge in [-0.3, -0.25) is 4.18 Å². The van der Waals surface area contributed by atoms with Gasteiger partial charge in [0.05, 0.1) is 35.2 Å². The molecular weight excluding hydrogens is 338 g/mol. The molecule has 1 aromatic rings. The summed E-state index contributed by atoms with van der Waals surface area (Å²) >= 11 is 0. The quantitative estimate of drug-likeness (QED) is 0.775. The van der Waals surface area contributed by atoms with Gasteiger partial charge in [-0.1, -0.05) is 17.7 Å². The van der Waals surface area contributed by atoms with E-state index in [-0.39, 0.29) is 34.9 Å². The largest absolute Gasteiger partial charge is 0.374 e. The Morgan fingerprint density at radius 2 is 1.88 bits per heavy atom. The molecule has 5 aliphatic rings. The lowest BCUT2D eigenvalue weighted by Crippen LogP contribution is -2.44. The summed E-state index contributed by atoms with van der Waals surface area (Å²) in [7, 11) is -3.83. The third-order valence-electron chi connectivity index (χ3n) is 7.63. The third-order valence-corrected chi connectivity index (χ3v) is 8.96. The maximum absolute atomic E-state index is 12.8. The Hall–Kier alpha value is -1.42. The van der Waals surface area contributed by atoms with Gasteiger partial charge >= 0.3 is 0 Å². The van der Waals surface area contributed by atoms with Crippen molar-refractivity contribution < 1.29 is 17.3 Å². The van der Waals surface area contributed by atoms with Crippen molar-refractivity contribution >= 4 is 10.1 Å². The molecule has 5 nitrogen and oxygen atoms in total. The van der Waals surface area contributed by atoms with E-state index in [1.807, 2.05) is 6.92 Å². The molecule has 6 bridgehead atoms. The Morgan fingerprint density at radius 1 is 1.12 bits per heavy atom. The highest BCUT2D eigenvalue weighted by Crippen LogP contribution is 2.76. The fraction of sp³-hybridized carbons (Fsp3) is 0.632. The minimum atomic E-state index is -3.83. The first kappa shape index (κ1) is 14.7. The van der Waals surface area contributed by atoms with Crippen LogP contribution in [-0.4, -0.2) is 26.7 Å². The molecule has 4 aliphatic carbocycles. The van der Waals surface area contributed by atoms with Crippen LogP contribution in [0.4, 0.5) is 0 Å². The molecule has 1 aliphatic heterocycles.